The van der Waals surface area contributed by atoms with E-state index >= 15 is 0 Å². The van der Waals surface area contributed by atoms with Crippen LogP contribution in [-0.2, 0) is 9.47 Å². The summed E-state index contributed by atoms with van der Waals surface area (Å²) in [4.78, 5) is 3.19. The largest absolute Gasteiger partial charge is 0.374 e. The van der Waals surface area contributed by atoms with Crippen LogP contribution in [0.2, 0.25) is 0 Å². The minimum atomic E-state index is 0.352. The number of nitrogens with one attached hydrogen (secondary N) is 1. The van der Waals surface area contributed by atoms with Crippen LogP contribution in [0.1, 0.15) is 19.8 Å². The molecule has 102 valence electrons. The van der Waals surface area contributed by atoms with Crippen molar-refractivity contribution in [1.82, 2.24) is 10.2 Å². The summed E-state index contributed by atoms with van der Waals surface area (Å²) in [6.07, 6.45) is 3.22. The molecule has 0 radical (unpaired) electrons. The quantitative estimate of drug-likeness (QED) is 0.675. The molecule has 4 rings (SSSR count). The topological polar surface area (TPSA) is 33.7 Å². The number of fused-ring (bicyclic) bond motifs is 2. The molecule has 4 fully saturated rings. The zero-order chi connectivity index (χ0) is 12.3. The molecule has 0 amide bonds. The highest BCUT2D eigenvalue weighted by atomic mass is 79.9. The van der Waals surface area contributed by atoms with Crippen LogP contribution >= 0.6 is 15.9 Å². The summed E-state index contributed by atoms with van der Waals surface area (Å²) in [5.74, 6) is 0.639. The molecule has 3 saturated heterocycles. The van der Waals surface area contributed by atoms with Crippen molar-refractivity contribution in [3.8, 4) is 0 Å². The number of alkyl halides is 1. The van der Waals surface area contributed by atoms with Gasteiger partial charge < -0.3 is 9.47 Å². The van der Waals surface area contributed by atoms with Gasteiger partial charge in [-0.15, -0.1) is 0 Å². The molecular weight excluding hydrogens is 296 g/mol. The molecule has 3 heterocycles. The predicted octanol–water partition coefficient (Wildman–Crippen LogP) is 0.946. The van der Waals surface area contributed by atoms with Gasteiger partial charge in [-0.1, -0.05) is 15.9 Å². The Balaban J connectivity index is 1.68. The Bertz CT molecular complexity index is 343. The van der Waals surface area contributed by atoms with E-state index in [0.29, 0.717) is 41.1 Å². The van der Waals surface area contributed by atoms with Crippen LogP contribution in [0.5, 0.6) is 0 Å². The molecule has 1 saturated carbocycles. The number of hydrogen-bond donors (Lipinski definition) is 1. The summed E-state index contributed by atoms with van der Waals surface area (Å²) in [5.41, 5.74) is 0. The van der Waals surface area contributed by atoms with E-state index in [1.54, 1.807) is 0 Å². The van der Waals surface area contributed by atoms with Gasteiger partial charge >= 0.3 is 0 Å². The summed E-state index contributed by atoms with van der Waals surface area (Å²) in [5, 5.41) is 3.51. The summed E-state index contributed by atoms with van der Waals surface area (Å²) in [6.45, 7) is 5.01. The number of hydrogen-bond acceptors (Lipinski definition) is 4. The van der Waals surface area contributed by atoms with Crippen molar-refractivity contribution in [3.05, 3.63) is 0 Å². The number of nitrogens with zero attached hydrogens (tertiary/aromatic N) is 1. The zero-order valence-corrected chi connectivity index (χ0v) is 12.3. The van der Waals surface area contributed by atoms with Crippen LogP contribution in [0.25, 0.3) is 0 Å². The van der Waals surface area contributed by atoms with E-state index in [2.05, 4.69) is 33.1 Å². The normalized spacial score (nSPS) is 56.0. The Morgan fingerprint density at radius 3 is 3.00 bits per heavy atom. The first-order valence-electron chi connectivity index (χ1n) is 7.12. The summed E-state index contributed by atoms with van der Waals surface area (Å²) >= 11 is 3.82. The molecule has 4 nitrogen and oxygen atoms in total. The standard InChI is InChI=1S/C13H21BrN2O2/c1-7-5-17-13-9(14)3-2-8-11(13)16(7)4-10-12(8)18-6-15-10/h7-13,15H,2-6H2,1H3/t7-,8?,9?,10?,11?,12?,13?/m0/s1. The maximum atomic E-state index is 6.13. The number of halogens is 1. The third-order valence-corrected chi connectivity index (χ3v) is 6.21. The van der Waals surface area contributed by atoms with Gasteiger partial charge in [0.25, 0.3) is 0 Å². The Labute approximate surface area is 116 Å². The van der Waals surface area contributed by atoms with Crippen LogP contribution in [0.4, 0.5) is 0 Å². The second-order valence-corrected chi connectivity index (χ2v) is 7.35. The first kappa shape index (κ1) is 12.1. The van der Waals surface area contributed by atoms with E-state index in [1.807, 2.05) is 0 Å². The minimum Gasteiger partial charge on any atom is -0.374 e. The summed E-state index contributed by atoms with van der Waals surface area (Å²) < 4.78 is 12.1. The van der Waals surface area contributed by atoms with E-state index in [0.717, 1.165) is 19.9 Å². The average molecular weight is 317 g/mol. The van der Waals surface area contributed by atoms with Crippen LogP contribution in [0.3, 0.4) is 0 Å². The first-order chi connectivity index (χ1) is 8.75. The molecule has 7 atom stereocenters. The third-order valence-electron chi connectivity index (χ3n) is 5.23. The highest BCUT2D eigenvalue weighted by molar-refractivity contribution is 9.09. The van der Waals surface area contributed by atoms with E-state index < -0.39 is 0 Å². The van der Waals surface area contributed by atoms with Gasteiger partial charge in [0.1, 0.15) is 0 Å². The summed E-state index contributed by atoms with van der Waals surface area (Å²) in [7, 11) is 0. The SMILES string of the molecule is C[C@H]1COC2C(Br)CCC3C4OCNC4CN1C32. The Kier molecular flexibility index (Phi) is 2.97. The van der Waals surface area contributed by atoms with Gasteiger partial charge in [-0.25, -0.2) is 0 Å². The number of piperidine rings is 1. The van der Waals surface area contributed by atoms with Crippen molar-refractivity contribution in [2.45, 2.75) is 54.9 Å². The van der Waals surface area contributed by atoms with Crippen LogP contribution in [-0.4, -0.2) is 59.9 Å². The monoisotopic (exact) mass is 316 g/mol. The highest BCUT2D eigenvalue weighted by Crippen LogP contribution is 2.44. The molecule has 1 N–H and O–H groups in total. The third kappa shape index (κ3) is 1.64. The molecule has 4 aliphatic rings. The zero-order valence-electron chi connectivity index (χ0n) is 10.7. The molecule has 0 aromatic carbocycles. The van der Waals surface area contributed by atoms with E-state index in [9.17, 15) is 0 Å². The molecule has 0 aromatic heterocycles. The second-order valence-electron chi connectivity index (χ2n) is 6.18. The lowest BCUT2D eigenvalue weighted by Crippen LogP contribution is -2.70. The fourth-order valence-electron chi connectivity index (χ4n) is 4.38. The van der Waals surface area contributed by atoms with Gasteiger partial charge in [0.15, 0.2) is 0 Å². The van der Waals surface area contributed by atoms with E-state index in [4.69, 9.17) is 9.47 Å². The Hall–Kier alpha value is 0.320. The van der Waals surface area contributed by atoms with Crippen molar-refractivity contribution < 1.29 is 9.47 Å². The van der Waals surface area contributed by atoms with Crippen molar-refractivity contribution in [2.75, 3.05) is 19.9 Å². The molecular formula is C13H21BrN2O2. The maximum absolute atomic E-state index is 6.13. The second kappa shape index (κ2) is 4.42. The summed E-state index contributed by atoms with van der Waals surface area (Å²) in [6, 6.07) is 1.61. The van der Waals surface area contributed by atoms with Crippen LogP contribution in [0.15, 0.2) is 0 Å². The molecule has 3 aliphatic heterocycles. The molecule has 5 heteroatoms. The first-order valence-corrected chi connectivity index (χ1v) is 8.03. The van der Waals surface area contributed by atoms with Gasteiger partial charge in [0, 0.05) is 35.4 Å². The lowest BCUT2D eigenvalue weighted by Gasteiger charge is -2.57. The average Bonchev–Trinajstić information content (AvgIpc) is 2.83. The number of ether oxygens (including phenoxy) is 2. The van der Waals surface area contributed by atoms with Crippen LogP contribution in [0, 0.1) is 5.92 Å². The van der Waals surface area contributed by atoms with Crippen molar-refractivity contribution in [2.24, 2.45) is 5.92 Å². The Morgan fingerprint density at radius 1 is 1.22 bits per heavy atom. The molecule has 0 spiro atoms. The number of rotatable bonds is 0. The van der Waals surface area contributed by atoms with Gasteiger partial charge in [0.2, 0.25) is 0 Å². The predicted molar refractivity (Wildman–Crippen MR) is 71.8 cm³/mol. The van der Waals surface area contributed by atoms with Crippen molar-refractivity contribution in [1.29, 1.82) is 0 Å². The smallest absolute Gasteiger partial charge is 0.0973 e. The highest BCUT2D eigenvalue weighted by Gasteiger charge is 2.55. The molecule has 6 unspecified atom stereocenters. The fourth-order valence-corrected chi connectivity index (χ4v) is 5.11. The van der Waals surface area contributed by atoms with Gasteiger partial charge in [-0.3, -0.25) is 10.2 Å². The molecule has 0 bridgehead atoms. The van der Waals surface area contributed by atoms with E-state index in [1.165, 1.54) is 12.8 Å². The van der Waals surface area contributed by atoms with E-state index in [-0.39, 0.29) is 0 Å². The lowest BCUT2D eigenvalue weighted by atomic mass is 9.72. The van der Waals surface area contributed by atoms with Crippen molar-refractivity contribution >= 4 is 15.9 Å². The minimum absolute atomic E-state index is 0.352. The van der Waals surface area contributed by atoms with Crippen LogP contribution < -0.4 is 5.32 Å². The van der Waals surface area contributed by atoms with Gasteiger partial charge in [-0.05, 0) is 19.8 Å². The Morgan fingerprint density at radius 2 is 2.11 bits per heavy atom. The maximum Gasteiger partial charge on any atom is 0.0973 e. The molecule has 18 heavy (non-hydrogen) atoms. The van der Waals surface area contributed by atoms with Gasteiger partial charge in [0.05, 0.1) is 25.5 Å². The van der Waals surface area contributed by atoms with Crippen molar-refractivity contribution in [3.63, 3.8) is 0 Å². The number of morpholine rings is 1. The fraction of sp³-hybridized carbons (Fsp3) is 1.00. The van der Waals surface area contributed by atoms with Gasteiger partial charge in [-0.2, -0.15) is 0 Å². The molecule has 1 aliphatic carbocycles. The molecule has 0 aromatic rings. The lowest BCUT2D eigenvalue weighted by molar-refractivity contribution is -0.168.